The number of ether oxygens (including phenoxy) is 2. The molecule has 0 fully saturated rings. The fourth-order valence-electron chi connectivity index (χ4n) is 4.43. The maximum atomic E-state index is 14.2. The Morgan fingerprint density at radius 2 is 1.58 bits per heavy atom. The van der Waals surface area contributed by atoms with Gasteiger partial charge in [-0.25, -0.2) is 8.42 Å². The van der Waals surface area contributed by atoms with Crippen molar-refractivity contribution in [3.05, 3.63) is 82.3 Å². The summed E-state index contributed by atoms with van der Waals surface area (Å²) in [7, 11) is -1.45. The molecule has 3 aromatic carbocycles. The first-order chi connectivity index (χ1) is 20.2. The van der Waals surface area contributed by atoms with Crippen molar-refractivity contribution in [3.63, 3.8) is 0 Å². The molecule has 1 atom stereocenters. The highest BCUT2D eigenvalue weighted by Crippen LogP contribution is 2.32. The van der Waals surface area contributed by atoms with Gasteiger partial charge in [0.05, 0.1) is 24.8 Å². The number of carbonyl (C=O) groups excluding carboxylic acids is 2. The van der Waals surface area contributed by atoms with Crippen molar-refractivity contribution < 1.29 is 27.5 Å². The molecule has 0 unspecified atom stereocenters. The number of amides is 2. The summed E-state index contributed by atoms with van der Waals surface area (Å²) >= 11 is 12.6. The van der Waals surface area contributed by atoms with Gasteiger partial charge in [0, 0.05) is 28.2 Å². The first kappa shape index (κ1) is 34.0. The van der Waals surface area contributed by atoms with E-state index in [1.54, 1.807) is 55.5 Å². The molecule has 0 saturated heterocycles. The fourth-order valence-corrected chi connectivity index (χ4v) is 6.33. The first-order valence-electron chi connectivity index (χ1n) is 13.6. The molecule has 0 spiro atoms. The van der Waals surface area contributed by atoms with E-state index in [9.17, 15) is 18.0 Å². The van der Waals surface area contributed by atoms with Gasteiger partial charge in [-0.2, -0.15) is 0 Å². The molecule has 0 aliphatic heterocycles. The lowest BCUT2D eigenvalue weighted by Crippen LogP contribution is -2.55. The van der Waals surface area contributed by atoms with E-state index < -0.39 is 34.1 Å². The molecule has 3 rings (SSSR count). The number of sulfonamides is 1. The van der Waals surface area contributed by atoms with Gasteiger partial charge in [0.15, 0.2) is 11.5 Å². The molecule has 3 aromatic rings. The number of hydrogen-bond acceptors (Lipinski definition) is 6. The average molecular weight is 651 g/mol. The molecule has 1 N–H and O–H groups in total. The molecule has 0 bridgehead atoms. The molecular formula is C31H37Cl2N3O6S. The van der Waals surface area contributed by atoms with E-state index in [4.69, 9.17) is 32.7 Å². The topological polar surface area (TPSA) is 105 Å². The number of para-hydroxylation sites is 1. The largest absolute Gasteiger partial charge is 0.493 e. The zero-order valence-corrected chi connectivity index (χ0v) is 27.4. The van der Waals surface area contributed by atoms with Crippen LogP contribution >= 0.6 is 23.2 Å². The Balaban J connectivity index is 2.11. The van der Waals surface area contributed by atoms with Crippen molar-refractivity contribution in [2.45, 2.75) is 57.1 Å². The molecule has 9 nitrogen and oxygen atoms in total. The Morgan fingerprint density at radius 1 is 0.930 bits per heavy atom. The highest BCUT2D eigenvalue weighted by molar-refractivity contribution is 7.92. The van der Waals surface area contributed by atoms with E-state index in [0.29, 0.717) is 21.4 Å². The molecule has 12 heteroatoms. The van der Waals surface area contributed by atoms with E-state index in [1.165, 1.54) is 37.3 Å². The molecule has 2 amide bonds. The van der Waals surface area contributed by atoms with Crippen LogP contribution in [0.2, 0.25) is 10.0 Å². The van der Waals surface area contributed by atoms with Crippen molar-refractivity contribution in [1.82, 2.24) is 10.2 Å². The van der Waals surface area contributed by atoms with Crippen LogP contribution in [0.5, 0.6) is 11.5 Å². The summed E-state index contributed by atoms with van der Waals surface area (Å²) in [6.45, 7) is 6.66. The van der Waals surface area contributed by atoms with Crippen LogP contribution in [-0.4, -0.2) is 57.5 Å². The van der Waals surface area contributed by atoms with Gasteiger partial charge in [0.2, 0.25) is 11.8 Å². The second kappa shape index (κ2) is 14.3. The standard InChI is InChI=1S/C31H37Cl2N3O6S/c1-7-26(30(38)34-31(2,3)4)35(19-21-13-14-22(32)17-25(21)33)29(37)20-36(23-11-9-8-10-12-23)43(39,40)24-15-16-27(41-5)28(18-24)42-6/h8-18,26H,7,19-20H2,1-6H3,(H,34,38)/t26-/m1/s1. The minimum atomic E-state index is -4.30. The van der Waals surface area contributed by atoms with Crippen LogP contribution in [0.4, 0.5) is 5.69 Å². The van der Waals surface area contributed by atoms with Crippen molar-refractivity contribution >= 4 is 50.7 Å². The molecule has 0 aliphatic carbocycles. The molecule has 0 radical (unpaired) electrons. The monoisotopic (exact) mass is 649 g/mol. The van der Waals surface area contributed by atoms with E-state index in [1.807, 2.05) is 20.8 Å². The van der Waals surface area contributed by atoms with E-state index in [-0.39, 0.29) is 35.2 Å². The third-order valence-electron chi connectivity index (χ3n) is 6.51. The van der Waals surface area contributed by atoms with Gasteiger partial charge in [0.1, 0.15) is 12.6 Å². The number of halogens is 2. The van der Waals surface area contributed by atoms with Gasteiger partial charge < -0.3 is 19.7 Å². The highest BCUT2D eigenvalue weighted by Gasteiger charge is 2.35. The quantitative estimate of drug-likeness (QED) is 0.261. The summed E-state index contributed by atoms with van der Waals surface area (Å²) in [5, 5.41) is 3.67. The van der Waals surface area contributed by atoms with E-state index >= 15 is 0 Å². The van der Waals surface area contributed by atoms with Gasteiger partial charge in [-0.15, -0.1) is 0 Å². The molecule has 0 heterocycles. The normalized spacial score (nSPS) is 12.3. The van der Waals surface area contributed by atoms with Crippen LogP contribution < -0.4 is 19.1 Å². The Kier molecular flexibility index (Phi) is 11.3. The van der Waals surface area contributed by atoms with E-state index in [0.717, 1.165) is 4.31 Å². The summed E-state index contributed by atoms with van der Waals surface area (Å²) in [4.78, 5) is 28.9. The van der Waals surface area contributed by atoms with Crippen LogP contribution in [0.25, 0.3) is 0 Å². The van der Waals surface area contributed by atoms with Gasteiger partial charge in [-0.3, -0.25) is 13.9 Å². The number of hydrogen-bond donors (Lipinski definition) is 1. The lowest BCUT2D eigenvalue weighted by atomic mass is 10.1. The van der Waals surface area contributed by atoms with Crippen LogP contribution in [0.3, 0.4) is 0 Å². The van der Waals surface area contributed by atoms with Crippen molar-refractivity contribution in [3.8, 4) is 11.5 Å². The summed E-state index contributed by atoms with van der Waals surface area (Å²) < 4.78 is 39.8. The average Bonchev–Trinajstić information content (AvgIpc) is 2.95. The fraction of sp³-hybridized carbons (Fsp3) is 0.355. The number of carbonyl (C=O) groups is 2. The number of nitrogens with one attached hydrogen (secondary N) is 1. The van der Waals surface area contributed by atoms with E-state index in [2.05, 4.69) is 5.32 Å². The predicted molar refractivity (Wildman–Crippen MR) is 170 cm³/mol. The summed E-state index contributed by atoms with van der Waals surface area (Å²) in [6.07, 6.45) is 0.270. The maximum Gasteiger partial charge on any atom is 0.264 e. The minimum Gasteiger partial charge on any atom is -0.493 e. The van der Waals surface area contributed by atoms with Gasteiger partial charge in [-0.1, -0.05) is 54.4 Å². The van der Waals surface area contributed by atoms with Gasteiger partial charge in [-0.05, 0) is 69.2 Å². The number of nitrogens with zero attached hydrogens (tertiary/aromatic N) is 2. The molecule has 43 heavy (non-hydrogen) atoms. The second-order valence-electron chi connectivity index (χ2n) is 10.8. The second-order valence-corrected chi connectivity index (χ2v) is 13.5. The summed E-state index contributed by atoms with van der Waals surface area (Å²) in [5.74, 6) is -0.408. The van der Waals surface area contributed by atoms with Crippen LogP contribution in [0.15, 0.2) is 71.6 Å². The Morgan fingerprint density at radius 3 is 2.14 bits per heavy atom. The predicted octanol–water partition coefficient (Wildman–Crippen LogP) is 5.93. The van der Waals surface area contributed by atoms with Crippen molar-refractivity contribution in [2.75, 3.05) is 25.1 Å². The zero-order chi connectivity index (χ0) is 31.9. The van der Waals surface area contributed by atoms with Crippen LogP contribution in [0, 0.1) is 0 Å². The Bertz CT molecular complexity index is 1540. The maximum absolute atomic E-state index is 14.2. The molecule has 232 valence electrons. The van der Waals surface area contributed by atoms with Gasteiger partial charge >= 0.3 is 0 Å². The van der Waals surface area contributed by atoms with Crippen LogP contribution in [0.1, 0.15) is 39.7 Å². The Labute approximate surface area is 263 Å². The summed E-state index contributed by atoms with van der Waals surface area (Å²) in [5.41, 5.74) is 0.252. The highest BCUT2D eigenvalue weighted by atomic mass is 35.5. The summed E-state index contributed by atoms with van der Waals surface area (Å²) in [6, 6.07) is 16.4. The third-order valence-corrected chi connectivity index (χ3v) is 8.86. The van der Waals surface area contributed by atoms with Crippen molar-refractivity contribution in [2.24, 2.45) is 0 Å². The van der Waals surface area contributed by atoms with Crippen LogP contribution in [-0.2, 0) is 26.2 Å². The SMILES string of the molecule is CC[C@H](C(=O)NC(C)(C)C)N(Cc1ccc(Cl)cc1Cl)C(=O)CN(c1ccccc1)S(=O)(=O)c1ccc(OC)c(OC)c1. The molecule has 0 aromatic heterocycles. The van der Waals surface area contributed by atoms with Crippen molar-refractivity contribution in [1.29, 1.82) is 0 Å². The third kappa shape index (κ3) is 8.55. The number of methoxy groups -OCH3 is 2. The minimum absolute atomic E-state index is 0.0516. The molecule has 0 aliphatic rings. The number of rotatable bonds is 12. The first-order valence-corrected chi connectivity index (χ1v) is 15.8. The lowest BCUT2D eigenvalue weighted by molar-refractivity contribution is -0.141. The zero-order valence-electron chi connectivity index (χ0n) is 25.1. The smallest absolute Gasteiger partial charge is 0.264 e. The molecular weight excluding hydrogens is 613 g/mol. The lowest BCUT2D eigenvalue weighted by Gasteiger charge is -2.35. The number of anilines is 1. The number of benzene rings is 3. The Hall–Kier alpha value is -3.47. The van der Waals surface area contributed by atoms with Gasteiger partial charge in [0.25, 0.3) is 10.0 Å². The molecule has 0 saturated carbocycles.